The zero-order valence-electron chi connectivity index (χ0n) is 10.3. The van der Waals surface area contributed by atoms with E-state index in [0.29, 0.717) is 0 Å². The molecule has 2 atom stereocenters. The van der Waals surface area contributed by atoms with E-state index in [1.165, 1.54) is 43.2 Å². The van der Waals surface area contributed by atoms with Crippen molar-refractivity contribution in [1.82, 2.24) is 0 Å². The molecule has 0 aromatic heterocycles. The molecular weight excluding hydrogens is 210 g/mol. The molecule has 2 N–H and O–H groups in total. The topological polar surface area (TPSA) is 35.2 Å². The van der Waals surface area contributed by atoms with E-state index in [2.05, 4.69) is 18.2 Å². The lowest BCUT2D eigenvalue weighted by Gasteiger charge is -2.21. The summed E-state index contributed by atoms with van der Waals surface area (Å²) in [6.07, 6.45) is 8.75. The summed E-state index contributed by atoms with van der Waals surface area (Å²) in [5.74, 6) is 1.02. The fourth-order valence-corrected chi connectivity index (χ4v) is 3.06. The van der Waals surface area contributed by atoms with Crippen molar-refractivity contribution in [3.05, 3.63) is 29.3 Å². The van der Waals surface area contributed by atoms with Gasteiger partial charge in [0.15, 0.2) is 0 Å². The number of hydrogen-bond acceptors (Lipinski definition) is 2. The van der Waals surface area contributed by atoms with Gasteiger partial charge in [-0.25, -0.2) is 0 Å². The van der Waals surface area contributed by atoms with Gasteiger partial charge in [0.25, 0.3) is 0 Å². The van der Waals surface area contributed by atoms with E-state index in [0.717, 1.165) is 18.6 Å². The molecule has 0 aliphatic heterocycles. The van der Waals surface area contributed by atoms with Crippen LogP contribution in [0.4, 0.5) is 0 Å². The molecule has 92 valence electrons. The lowest BCUT2D eigenvalue weighted by Crippen LogP contribution is -2.33. The molecule has 1 aromatic rings. The van der Waals surface area contributed by atoms with Crippen molar-refractivity contribution in [1.29, 1.82) is 0 Å². The summed E-state index contributed by atoms with van der Waals surface area (Å²) in [6.45, 7) is 0. The zero-order valence-corrected chi connectivity index (χ0v) is 10.3. The predicted molar refractivity (Wildman–Crippen MR) is 69.3 cm³/mol. The van der Waals surface area contributed by atoms with Gasteiger partial charge in [-0.2, -0.15) is 0 Å². The average molecular weight is 231 g/mol. The second kappa shape index (κ2) is 4.69. The maximum atomic E-state index is 6.04. The number of ether oxygens (including phenoxy) is 1. The van der Waals surface area contributed by atoms with Crippen molar-refractivity contribution in [3.8, 4) is 5.75 Å². The van der Waals surface area contributed by atoms with E-state index in [4.69, 9.17) is 10.5 Å². The Bertz CT molecular complexity index is 402. The average Bonchev–Trinajstić information content (AvgIpc) is 2.75. The molecule has 2 aliphatic carbocycles. The summed E-state index contributed by atoms with van der Waals surface area (Å²) >= 11 is 0. The van der Waals surface area contributed by atoms with Crippen molar-refractivity contribution in [3.63, 3.8) is 0 Å². The van der Waals surface area contributed by atoms with Crippen LogP contribution in [0.2, 0.25) is 0 Å². The SMILES string of the molecule is NC1CCCC1Oc1ccc2c(c1)CCCC2. The molecule has 0 radical (unpaired) electrons. The van der Waals surface area contributed by atoms with Crippen molar-refractivity contribution >= 4 is 0 Å². The Morgan fingerprint density at radius 2 is 1.82 bits per heavy atom. The molecule has 1 saturated carbocycles. The van der Waals surface area contributed by atoms with Crippen LogP contribution in [0.25, 0.3) is 0 Å². The van der Waals surface area contributed by atoms with E-state index in [9.17, 15) is 0 Å². The summed E-state index contributed by atoms with van der Waals surface area (Å²) in [7, 11) is 0. The highest BCUT2D eigenvalue weighted by Gasteiger charge is 2.25. The molecule has 2 heteroatoms. The Morgan fingerprint density at radius 3 is 2.59 bits per heavy atom. The Kier molecular flexibility index (Phi) is 3.06. The smallest absolute Gasteiger partial charge is 0.120 e. The summed E-state index contributed by atoms with van der Waals surface area (Å²) in [5, 5.41) is 0. The Balaban J connectivity index is 1.75. The zero-order chi connectivity index (χ0) is 11.7. The van der Waals surface area contributed by atoms with Gasteiger partial charge in [-0.05, 0) is 68.2 Å². The maximum Gasteiger partial charge on any atom is 0.120 e. The molecule has 0 amide bonds. The molecule has 1 aromatic carbocycles. The number of aryl methyl sites for hydroxylation is 2. The fraction of sp³-hybridized carbons (Fsp3) is 0.600. The molecule has 0 spiro atoms. The summed E-state index contributed by atoms with van der Waals surface area (Å²) < 4.78 is 6.03. The molecule has 3 rings (SSSR count). The maximum absolute atomic E-state index is 6.04. The number of benzene rings is 1. The van der Waals surface area contributed by atoms with Gasteiger partial charge in [0.1, 0.15) is 11.9 Å². The van der Waals surface area contributed by atoms with Crippen LogP contribution >= 0.6 is 0 Å². The van der Waals surface area contributed by atoms with Crippen molar-refractivity contribution in [2.45, 2.75) is 57.1 Å². The van der Waals surface area contributed by atoms with Crippen LogP contribution in [-0.2, 0) is 12.8 Å². The van der Waals surface area contributed by atoms with E-state index in [-0.39, 0.29) is 12.1 Å². The Hall–Kier alpha value is -1.02. The first-order chi connectivity index (χ1) is 8.33. The van der Waals surface area contributed by atoms with E-state index in [1.54, 1.807) is 0 Å². The second-order valence-electron chi connectivity index (χ2n) is 5.39. The highest BCUT2D eigenvalue weighted by Crippen LogP contribution is 2.28. The highest BCUT2D eigenvalue weighted by atomic mass is 16.5. The first kappa shape index (κ1) is 11.1. The largest absolute Gasteiger partial charge is 0.489 e. The Labute approximate surface area is 103 Å². The first-order valence-corrected chi connectivity index (χ1v) is 6.87. The molecule has 0 bridgehead atoms. The summed E-state index contributed by atoms with van der Waals surface area (Å²) in [6, 6.07) is 6.82. The number of nitrogens with two attached hydrogens (primary N) is 1. The third-order valence-corrected chi connectivity index (χ3v) is 4.11. The molecule has 1 fully saturated rings. The van der Waals surface area contributed by atoms with E-state index in [1.807, 2.05) is 0 Å². The van der Waals surface area contributed by atoms with Gasteiger partial charge in [-0.15, -0.1) is 0 Å². The molecule has 17 heavy (non-hydrogen) atoms. The van der Waals surface area contributed by atoms with Gasteiger partial charge in [-0.3, -0.25) is 0 Å². The minimum Gasteiger partial charge on any atom is -0.489 e. The normalized spacial score (nSPS) is 27.8. The molecule has 2 unspecified atom stereocenters. The van der Waals surface area contributed by atoms with Crippen molar-refractivity contribution in [2.75, 3.05) is 0 Å². The molecule has 0 saturated heterocycles. The number of rotatable bonds is 2. The summed E-state index contributed by atoms with van der Waals surface area (Å²) in [4.78, 5) is 0. The van der Waals surface area contributed by atoms with Crippen molar-refractivity contribution in [2.24, 2.45) is 5.73 Å². The van der Waals surface area contributed by atoms with Crippen LogP contribution in [-0.4, -0.2) is 12.1 Å². The number of fused-ring (bicyclic) bond motifs is 1. The predicted octanol–water partition coefficient (Wildman–Crippen LogP) is 2.82. The molecular formula is C15H21NO. The van der Waals surface area contributed by atoms with Gasteiger partial charge < -0.3 is 10.5 Å². The monoisotopic (exact) mass is 231 g/mol. The van der Waals surface area contributed by atoms with Crippen LogP contribution in [0.15, 0.2) is 18.2 Å². The van der Waals surface area contributed by atoms with Gasteiger partial charge in [0.2, 0.25) is 0 Å². The quantitative estimate of drug-likeness (QED) is 0.849. The standard InChI is InChI=1S/C15H21NO/c16-14-6-3-7-15(14)17-13-9-8-11-4-1-2-5-12(11)10-13/h8-10,14-15H,1-7,16H2. The van der Waals surface area contributed by atoms with E-state index >= 15 is 0 Å². The first-order valence-electron chi connectivity index (χ1n) is 6.87. The van der Waals surface area contributed by atoms with Crippen LogP contribution in [0.5, 0.6) is 5.75 Å². The van der Waals surface area contributed by atoms with Crippen LogP contribution in [0.1, 0.15) is 43.2 Å². The minimum absolute atomic E-state index is 0.228. The molecule has 2 aliphatic rings. The molecule has 0 heterocycles. The lowest BCUT2D eigenvalue weighted by molar-refractivity contribution is 0.191. The van der Waals surface area contributed by atoms with Gasteiger partial charge in [0.05, 0.1) is 0 Å². The highest BCUT2D eigenvalue weighted by molar-refractivity contribution is 5.37. The number of hydrogen-bond donors (Lipinski definition) is 1. The Morgan fingerprint density at radius 1 is 1.00 bits per heavy atom. The van der Waals surface area contributed by atoms with Crippen molar-refractivity contribution < 1.29 is 4.74 Å². The van der Waals surface area contributed by atoms with E-state index < -0.39 is 0 Å². The van der Waals surface area contributed by atoms with Crippen LogP contribution in [0, 0.1) is 0 Å². The third-order valence-electron chi connectivity index (χ3n) is 4.11. The lowest BCUT2D eigenvalue weighted by atomic mass is 9.92. The molecule has 2 nitrogen and oxygen atoms in total. The van der Waals surface area contributed by atoms with Gasteiger partial charge >= 0.3 is 0 Å². The van der Waals surface area contributed by atoms with Gasteiger partial charge in [-0.1, -0.05) is 6.07 Å². The fourth-order valence-electron chi connectivity index (χ4n) is 3.06. The summed E-state index contributed by atoms with van der Waals surface area (Å²) in [5.41, 5.74) is 9.04. The van der Waals surface area contributed by atoms with Gasteiger partial charge in [0, 0.05) is 6.04 Å². The third kappa shape index (κ3) is 2.32. The minimum atomic E-state index is 0.228. The second-order valence-corrected chi connectivity index (χ2v) is 5.39. The van der Waals surface area contributed by atoms with Crippen LogP contribution in [0.3, 0.4) is 0 Å². The van der Waals surface area contributed by atoms with Crippen LogP contribution < -0.4 is 10.5 Å².